The zero-order chi connectivity index (χ0) is 14.8. The molecule has 0 unspecified atom stereocenters. The first kappa shape index (κ1) is 13.9. The number of pyridine rings is 1. The topological polar surface area (TPSA) is 50.7 Å². The van der Waals surface area contributed by atoms with E-state index in [2.05, 4.69) is 49.2 Å². The molecule has 0 atom stereocenters. The molecule has 2 aromatic heterocycles. The highest BCUT2D eigenvalue weighted by atomic mass is 79.9. The molecule has 1 aromatic carbocycles. The lowest BCUT2D eigenvalue weighted by Crippen LogP contribution is -2.03. The summed E-state index contributed by atoms with van der Waals surface area (Å²) in [5.74, 6) is 1.41. The third kappa shape index (κ3) is 2.74. The molecule has 0 saturated heterocycles. The van der Waals surface area contributed by atoms with Crippen molar-refractivity contribution in [3.8, 4) is 11.5 Å². The molecular formula is C16H15BrN4. The van der Waals surface area contributed by atoms with Crippen LogP contribution in [0.25, 0.3) is 22.4 Å². The minimum atomic E-state index is 0.628. The van der Waals surface area contributed by atoms with E-state index in [1.54, 1.807) is 6.20 Å². The summed E-state index contributed by atoms with van der Waals surface area (Å²) < 4.78 is 0.852. The standard InChI is InChI=1S/C16H15BrN4/c1-3-18-15-12(17)9-19-16(21-15)14-8-10(2)11-6-4-5-7-13(11)20-14/h4-9H,3H2,1-2H3,(H,18,19,21). The third-order valence-corrected chi connectivity index (χ3v) is 3.82. The number of aryl methyl sites for hydroxylation is 1. The molecule has 4 nitrogen and oxygen atoms in total. The molecular weight excluding hydrogens is 328 g/mol. The molecule has 0 radical (unpaired) electrons. The van der Waals surface area contributed by atoms with E-state index in [1.807, 2.05) is 31.2 Å². The fourth-order valence-corrected chi connectivity index (χ4v) is 2.58. The Balaban J connectivity index is 2.14. The van der Waals surface area contributed by atoms with Gasteiger partial charge in [-0.25, -0.2) is 15.0 Å². The second kappa shape index (κ2) is 5.77. The molecule has 0 spiro atoms. The Morgan fingerprint density at radius 3 is 2.81 bits per heavy atom. The molecule has 3 aromatic rings. The molecule has 1 N–H and O–H groups in total. The monoisotopic (exact) mass is 342 g/mol. The van der Waals surface area contributed by atoms with Crippen LogP contribution >= 0.6 is 15.9 Å². The normalized spacial score (nSPS) is 10.8. The van der Waals surface area contributed by atoms with E-state index >= 15 is 0 Å². The first-order valence-corrected chi connectivity index (χ1v) is 7.61. The van der Waals surface area contributed by atoms with Crippen LogP contribution in [0, 0.1) is 6.92 Å². The number of hydrogen-bond donors (Lipinski definition) is 1. The minimum Gasteiger partial charge on any atom is -0.369 e. The summed E-state index contributed by atoms with van der Waals surface area (Å²) in [5.41, 5.74) is 2.92. The van der Waals surface area contributed by atoms with Crippen molar-refractivity contribution >= 4 is 32.7 Å². The van der Waals surface area contributed by atoms with Gasteiger partial charge in [0.25, 0.3) is 0 Å². The summed E-state index contributed by atoms with van der Waals surface area (Å²) in [4.78, 5) is 13.6. The Kier molecular flexibility index (Phi) is 3.84. The first-order valence-electron chi connectivity index (χ1n) is 6.82. The zero-order valence-electron chi connectivity index (χ0n) is 11.9. The highest BCUT2D eigenvalue weighted by Gasteiger charge is 2.10. The molecule has 21 heavy (non-hydrogen) atoms. The second-order valence-electron chi connectivity index (χ2n) is 4.76. The van der Waals surface area contributed by atoms with E-state index in [0.29, 0.717) is 5.82 Å². The van der Waals surface area contributed by atoms with Gasteiger partial charge in [-0.1, -0.05) is 18.2 Å². The largest absolute Gasteiger partial charge is 0.369 e. The number of rotatable bonds is 3. The Labute approximate surface area is 131 Å². The highest BCUT2D eigenvalue weighted by Crippen LogP contribution is 2.25. The minimum absolute atomic E-state index is 0.628. The van der Waals surface area contributed by atoms with Crippen LogP contribution in [-0.4, -0.2) is 21.5 Å². The fraction of sp³-hybridized carbons (Fsp3) is 0.188. The Bertz CT molecular complexity index is 801. The number of halogens is 1. The Morgan fingerprint density at radius 2 is 2.00 bits per heavy atom. The number of anilines is 1. The summed E-state index contributed by atoms with van der Waals surface area (Å²) in [6, 6.07) is 10.1. The van der Waals surface area contributed by atoms with Gasteiger partial charge >= 0.3 is 0 Å². The predicted molar refractivity (Wildman–Crippen MR) is 89.4 cm³/mol. The average molecular weight is 343 g/mol. The van der Waals surface area contributed by atoms with Crippen LogP contribution in [-0.2, 0) is 0 Å². The van der Waals surface area contributed by atoms with Crippen LogP contribution in [0.4, 0.5) is 5.82 Å². The van der Waals surface area contributed by atoms with Gasteiger partial charge < -0.3 is 5.32 Å². The molecule has 0 amide bonds. The summed E-state index contributed by atoms with van der Waals surface area (Å²) in [6.07, 6.45) is 1.76. The van der Waals surface area contributed by atoms with Crippen molar-refractivity contribution in [2.45, 2.75) is 13.8 Å². The summed E-state index contributed by atoms with van der Waals surface area (Å²) in [6.45, 7) is 4.92. The second-order valence-corrected chi connectivity index (χ2v) is 5.62. The van der Waals surface area contributed by atoms with Crippen molar-refractivity contribution in [2.75, 3.05) is 11.9 Å². The summed E-state index contributed by atoms with van der Waals surface area (Å²) >= 11 is 3.45. The third-order valence-electron chi connectivity index (χ3n) is 3.24. The maximum atomic E-state index is 4.67. The van der Waals surface area contributed by atoms with Crippen LogP contribution in [0.5, 0.6) is 0 Å². The molecule has 0 aliphatic carbocycles. The van der Waals surface area contributed by atoms with Crippen LogP contribution < -0.4 is 5.32 Å². The Morgan fingerprint density at radius 1 is 1.19 bits per heavy atom. The van der Waals surface area contributed by atoms with Gasteiger partial charge in [0.1, 0.15) is 11.5 Å². The van der Waals surface area contributed by atoms with E-state index in [0.717, 1.165) is 33.4 Å². The van der Waals surface area contributed by atoms with Gasteiger partial charge in [0.15, 0.2) is 5.82 Å². The van der Waals surface area contributed by atoms with E-state index < -0.39 is 0 Å². The maximum absolute atomic E-state index is 4.67. The zero-order valence-corrected chi connectivity index (χ0v) is 13.5. The van der Waals surface area contributed by atoms with E-state index in [1.165, 1.54) is 5.56 Å². The van der Waals surface area contributed by atoms with E-state index in [4.69, 9.17) is 0 Å². The van der Waals surface area contributed by atoms with Gasteiger partial charge in [-0.2, -0.15) is 0 Å². The van der Waals surface area contributed by atoms with Crippen molar-refractivity contribution in [1.29, 1.82) is 0 Å². The van der Waals surface area contributed by atoms with Crippen molar-refractivity contribution in [3.05, 3.63) is 46.6 Å². The lowest BCUT2D eigenvalue weighted by molar-refractivity contribution is 1.09. The number of fused-ring (bicyclic) bond motifs is 1. The van der Waals surface area contributed by atoms with Crippen molar-refractivity contribution in [1.82, 2.24) is 15.0 Å². The Hall–Kier alpha value is -2.01. The molecule has 0 aliphatic heterocycles. The van der Waals surface area contributed by atoms with Crippen molar-refractivity contribution in [2.24, 2.45) is 0 Å². The van der Waals surface area contributed by atoms with E-state index in [9.17, 15) is 0 Å². The van der Waals surface area contributed by atoms with Crippen LogP contribution in [0.2, 0.25) is 0 Å². The molecule has 2 heterocycles. The van der Waals surface area contributed by atoms with Gasteiger partial charge in [-0.05, 0) is 47.5 Å². The molecule has 0 fully saturated rings. The lowest BCUT2D eigenvalue weighted by atomic mass is 10.1. The molecule has 106 valence electrons. The number of para-hydroxylation sites is 1. The van der Waals surface area contributed by atoms with Gasteiger partial charge in [0.2, 0.25) is 0 Å². The molecule has 0 aliphatic rings. The quantitative estimate of drug-likeness (QED) is 0.775. The summed E-state index contributed by atoms with van der Waals surface area (Å²) in [5, 5.41) is 4.37. The van der Waals surface area contributed by atoms with Crippen LogP contribution in [0.15, 0.2) is 41.0 Å². The maximum Gasteiger partial charge on any atom is 0.180 e. The number of aromatic nitrogens is 3. The van der Waals surface area contributed by atoms with Crippen LogP contribution in [0.1, 0.15) is 12.5 Å². The van der Waals surface area contributed by atoms with Crippen LogP contribution in [0.3, 0.4) is 0 Å². The van der Waals surface area contributed by atoms with Gasteiger partial charge in [0.05, 0.1) is 9.99 Å². The van der Waals surface area contributed by atoms with Crippen molar-refractivity contribution in [3.63, 3.8) is 0 Å². The lowest BCUT2D eigenvalue weighted by Gasteiger charge is -2.08. The number of hydrogen-bond acceptors (Lipinski definition) is 4. The molecule has 3 rings (SSSR count). The van der Waals surface area contributed by atoms with Gasteiger partial charge in [-0.15, -0.1) is 0 Å². The predicted octanol–water partition coefficient (Wildman–Crippen LogP) is 4.19. The molecule has 0 bridgehead atoms. The molecule has 0 saturated carbocycles. The van der Waals surface area contributed by atoms with Gasteiger partial charge in [0, 0.05) is 18.1 Å². The number of nitrogens with one attached hydrogen (secondary N) is 1. The van der Waals surface area contributed by atoms with Crippen molar-refractivity contribution < 1.29 is 0 Å². The van der Waals surface area contributed by atoms with Gasteiger partial charge in [-0.3, -0.25) is 0 Å². The SMILES string of the molecule is CCNc1nc(-c2cc(C)c3ccccc3n2)ncc1Br. The van der Waals surface area contributed by atoms with E-state index in [-0.39, 0.29) is 0 Å². The first-order chi connectivity index (χ1) is 10.2. The average Bonchev–Trinajstić information content (AvgIpc) is 2.50. The summed E-state index contributed by atoms with van der Waals surface area (Å²) in [7, 11) is 0. The number of benzene rings is 1. The highest BCUT2D eigenvalue weighted by molar-refractivity contribution is 9.10. The fourth-order valence-electron chi connectivity index (χ4n) is 2.25. The number of nitrogens with zero attached hydrogens (tertiary/aromatic N) is 3. The molecule has 5 heteroatoms. The smallest absolute Gasteiger partial charge is 0.180 e.